The number of ether oxygens (including phenoxy) is 2. The minimum Gasteiger partial charge on any atom is -0.494 e. The van der Waals surface area contributed by atoms with Gasteiger partial charge in [-0.2, -0.15) is 0 Å². The maximum absolute atomic E-state index is 10.5. The van der Waals surface area contributed by atoms with Crippen LogP contribution in [-0.2, 0) is 11.2 Å². The Balaban J connectivity index is 1.82. The Hall–Kier alpha value is -1.63. The van der Waals surface area contributed by atoms with Gasteiger partial charge >= 0.3 is 0 Å². The molecule has 0 radical (unpaired) electrons. The highest BCUT2D eigenvalue weighted by atomic mass is 35.5. The zero-order valence-corrected chi connectivity index (χ0v) is 16.8. The fourth-order valence-corrected chi connectivity index (χ4v) is 3.77. The average molecular weight is 407 g/mol. The van der Waals surface area contributed by atoms with E-state index in [-0.39, 0.29) is 12.5 Å². The molecule has 5 nitrogen and oxygen atoms in total. The average Bonchev–Trinajstić information content (AvgIpc) is 2.70. The predicted octanol–water partition coefficient (Wildman–Crippen LogP) is 3.12. The first-order valence-electron chi connectivity index (χ1n) is 9.57. The Bertz CT molecular complexity index is 777. The quantitative estimate of drug-likeness (QED) is 0.687. The van der Waals surface area contributed by atoms with E-state index in [1.807, 2.05) is 37.3 Å². The van der Waals surface area contributed by atoms with Crippen LogP contribution < -0.4 is 4.74 Å². The Kier molecular flexibility index (Phi) is 6.96. The van der Waals surface area contributed by atoms with Crippen molar-refractivity contribution in [3.8, 4) is 5.75 Å². The van der Waals surface area contributed by atoms with Gasteiger partial charge in [0.25, 0.3) is 0 Å². The summed E-state index contributed by atoms with van der Waals surface area (Å²) in [5.41, 5.74) is 2.70. The first-order valence-corrected chi connectivity index (χ1v) is 9.94. The van der Waals surface area contributed by atoms with E-state index in [4.69, 9.17) is 21.1 Å². The van der Waals surface area contributed by atoms with Crippen molar-refractivity contribution in [3.05, 3.63) is 64.2 Å². The van der Waals surface area contributed by atoms with Crippen molar-refractivity contribution < 1.29 is 24.8 Å². The molecule has 2 aromatic rings. The molecule has 0 spiro atoms. The van der Waals surface area contributed by atoms with Gasteiger partial charge in [0.15, 0.2) is 0 Å². The molecule has 0 saturated carbocycles. The second-order valence-corrected chi connectivity index (χ2v) is 7.63. The maximum atomic E-state index is 10.5. The Morgan fingerprint density at radius 1 is 1.07 bits per heavy atom. The SMILES string of the molecule is CCOc1ccc(Cc2cc([C@@H]3O[C@H](CO)[C@@H](C)[C@H](O)[C@H]3O)ccc2Cl)cc1. The third-order valence-electron chi connectivity index (χ3n) is 5.31. The van der Waals surface area contributed by atoms with Gasteiger partial charge in [-0.3, -0.25) is 0 Å². The van der Waals surface area contributed by atoms with E-state index in [2.05, 4.69) is 0 Å². The zero-order valence-electron chi connectivity index (χ0n) is 16.1. The summed E-state index contributed by atoms with van der Waals surface area (Å²) in [5, 5.41) is 31.0. The smallest absolute Gasteiger partial charge is 0.119 e. The third-order valence-corrected chi connectivity index (χ3v) is 5.68. The number of hydrogen-bond acceptors (Lipinski definition) is 5. The molecule has 3 N–H and O–H groups in total. The number of halogens is 1. The molecular weight excluding hydrogens is 380 g/mol. The molecule has 1 aliphatic heterocycles. The van der Waals surface area contributed by atoms with Crippen LogP contribution in [0.4, 0.5) is 0 Å². The van der Waals surface area contributed by atoms with Gasteiger partial charge in [0.05, 0.1) is 25.4 Å². The van der Waals surface area contributed by atoms with Crippen LogP contribution in [0, 0.1) is 5.92 Å². The van der Waals surface area contributed by atoms with Crippen molar-refractivity contribution in [1.82, 2.24) is 0 Å². The second-order valence-electron chi connectivity index (χ2n) is 7.22. The topological polar surface area (TPSA) is 79.2 Å². The lowest BCUT2D eigenvalue weighted by atomic mass is 9.85. The van der Waals surface area contributed by atoms with E-state index in [1.54, 1.807) is 19.1 Å². The summed E-state index contributed by atoms with van der Waals surface area (Å²) in [6.45, 7) is 4.11. The Labute approximate surface area is 170 Å². The lowest BCUT2D eigenvalue weighted by Crippen LogP contribution is -2.50. The van der Waals surface area contributed by atoms with Crippen LogP contribution in [0.2, 0.25) is 5.02 Å². The van der Waals surface area contributed by atoms with Crippen molar-refractivity contribution in [3.63, 3.8) is 0 Å². The summed E-state index contributed by atoms with van der Waals surface area (Å²) in [6, 6.07) is 13.3. The summed E-state index contributed by atoms with van der Waals surface area (Å²) < 4.78 is 11.4. The largest absolute Gasteiger partial charge is 0.494 e. The molecule has 1 heterocycles. The fourth-order valence-electron chi connectivity index (χ4n) is 3.59. The predicted molar refractivity (Wildman–Crippen MR) is 108 cm³/mol. The van der Waals surface area contributed by atoms with Crippen LogP contribution in [0.3, 0.4) is 0 Å². The van der Waals surface area contributed by atoms with Crippen LogP contribution in [0.1, 0.15) is 36.6 Å². The molecule has 0 amide bonds. The normalized spacial score (nSPS) is 27.6. The van der Waals surface area contributed by atoms with Gasteiger partial charge in [-0.1, -0.05) is 42.8 Å². The van der Waals surface area contributed by atoms with Crippen LogP contribution >= 0.6 is 11.6 Å². The molecule has 2 aromatic carbocycles. The standard InChI is InChI=1S/C22H27ClO5/c1-3-27-17-7-4-14(5-8-17)10-16-11-15(6-9-18(16)23)22-21(26)20(25)13(2)19(12-24)28-22/h4-9,11,13,19-22,24-26H,3,10,12H2,1-2H3/t13-,19-,20+,21-,22+/m1/s1. The second kappa shape index (κ2) is 9.25. The lowest BCUT2D eigenvalue weighted by molar-refractivity contribution is -0.207. The molecule has 0 aliphatic carbocycles. The summed E-state index contributed by atoms with van der Waals surface area (Å²) in [6.07, 6.45) is -2.68. The number of aliphatic hydroxyl groups excluding tert-OH is 3. The van der Waals surface area contributed by atoms with E-state index >= 15 is 0 Å². The number of benzene rings is 2. The van der Waals surface area contributed by atoms with E-state index in [0.717, 1.165) is 22.4 Å². The molecule has 5 atom stereocenters. The molecule has 152 valence electrons. The molecular formula is C22H27ClO5. The molecule has 0 unspecified atom stereocenters. The molecule has 0 aromatic heterocycles. The zero-order chi connectivity index (χ0) is 20.3. The summed E-state index contributed by atoms with van der Waals surface area (Å²) in [4.78, 5) is 0. The molecule has 0 bridgehead atoms. The van der Waals surface area contributed by atoms with Crippen LogP contribution in [0.5, 0.6) is 5.75 Å². The highest BCUT2D eigenvalue weighted by Gasteiger charge is 2.42. The van der Waals surface area contributed by atoms with Crippen molar-refractivity contribution >= 4 is 11.6 Å². The molecule has 1 fully saturated rings. The van der Waals surface area contributed by atoms with Gasteiger partial charge in [-0.05, 0) is 48.2 Å². The van der Waals surface area contributed by atoms with Gasteiger partial charge in [0.2, 0.25) is 0 Å². The van der Waals surface area contributed by atoms with Gasteiger partial charge in [-0.25, -0.2) is 0 Å². The molecule has 3 rings (SSSR count). The highest BCUT2D eigenvalue weighted by molar-refractivity contribution is 6.31. The lowest BCUT2D eigenvalue weighted by Gasteiger charge is -2.41. The molecule has 1 saturated heterocycles. The number of hydrogen-bond donors (Lipinski definition) is 3. The van der Waals surface area contributed by atoms with Crippen molar-refractivity contribution in [2.24, 2.45) is 5.92 Å². The number of aliphatic hydroxyl groups is 3. The Morgan fingerprint density at radius 3 is 2.43 bits per heavy atom. The van der Waals surface area contributed by atoms with E-state index in [9.17, 15) is 15.3 Å². The van der Waals surface area contributed by atoms with E-state index in [0.29, 0.717) is 18.1 Å². The van der Waals surface area contributed by atoms with Gasteiger partial charge in [-0.15, -0.1) is 0 Å². The monoisotopic (exact) mass is 406 g/mol. The van der Waals surface area contributed by atoms with Crippen LogP contribution in [0.25, 0.3) is 0 Å². The van der Waals surface area contributed by atoms with Gasteiger partial charge in [0.1, 0.15) is 18.0 Å². The molecule has 6 heteroatoms. The van der Waals surface area contributed by atoms with Crippen LogP contribution in [0.15, 0.2) is 42.5 Å². The first-order chi connectivity index (χ1) is 13.4. The highest BCUT2D eigenvalue weighted by Crippen LogP contribution is 2.36. The van der Waals surface area contributed by atoms with Gasteiger partial charge < -0.3 is 24.8 Å². The van der Waals surface area contributed by atoms with Crippen molar-refractivity contribution in [1.29, 1.82) is 0 Å². The summed E-state index contributed by atoms with van der Waals surface area (Å²) in [5.74, 6) is 0.467. The van der Waals surface area contributed by atoms with Crippen molar-refractivity contribution in [2.45, 2.75) is 44.7 Å². The summed E-state index contributed by atoms with van der Waals surface area (Å²) >= 11 is 6.39. The first kappa shape index (κ1) is 21.1. The fraction of sp³-hybridized carbons (Fsp3) is 0.455. The van der Waals surface area contributed by atoms with Crippen molar-refractivity contribution in [2.75, 3.05) is 13.2 Å². The van der Waals surface area contributed by atoms with Crippen LogP contribution in [-0.4, -0.2) is 46.8 Å². The molecule has 1 aliphatic rings. The third kappa shape index (κ3) is 4.50. The molecule has 28 heavy (non-hydrogen) atoms. The number of rotatable bonds is 6. The van der Waals surface area contributed by atoms with Gasteiger partial charge in [0, 0.05) is 10.9 Å². The van der Waals surface area contributed by atoms with E-state index in [1.165, 1.54) is 0 Å². The minimum absolute atomic E-state index is 0.214. The Morgan fingerprint density at radius 2 is 1.79 bits per heavy atom. The van der Waals surface area contributed by atoms with E-state index < -0.39 is 24.4 Å². The summed E-state index contributed by atoms with van der Waals surface area (Å²) in [7, 11) is 0. The minimum atomic E-state index is -1.07. The maximum Gasteiger partial charge on any atom is 0.119 e.